The number of nitrogens with one attached hydrogen (secondary N) is 2. The highest BCUT2D eigenvalue weighted by atomic mass is 35.5. The summed E-state index contributed by atoms with van der Waals surface area (Å²) in [7, 11) is 1.64. The summed E-state index contributed by atoms with van der Waals surface area (Å²) in [5.41, 5.74) is 1.21. The molecule has 0 bridgehead atoms. The second-order valence-corrected chi connectivity index (χ2v) is 5.50. The SMILES string of the molecule is CNC(=O)CNC1CCSc2ccc(Cl)cc21. The molecule has 0 aromatic heterocycles. The van der Waals surface area contributed by atoms with Crippen LogP contribution in [0.1, 0.15) is 18.0 Å². The average Bonchev–Trinajstić information content (AvgIpc) is 2.35. The topological polar surface area (TPSA) is 41.1 Å². The Morgan fingerprint density at radius 1 is 1.59 bits per heavy atom. The van der Waals surface area contributed by atoms with Crippen LogP contribution >= 0.6 is 23.4 Å². The Bertz CT molecular complexity index is 425. The van der Waals surface area contributed by atoms with Gasteiger partial charge >= 0.3 is 0 Å². The number of carbonyl (C=O) groups excluding carboxylic acids is 1. The highest BCUT2D eigenvalue weighted by Gasteiger charge is 2.20. The molecular weight excluding hydrogens is 256 g/mol. The molecule has 1 aliphatic rings. The maximum Gasteiger partial charge on any atom is 0.233 e. The van der Waals surface area contributed by atoms with E-state index in [4.69, 9.17) is 11.6 Å². The molecule has 3 nitrogen and oxygen atoms in total. The average molecular weight is 271 g/mol. The molecule has 0 saturated carbocycles. The first-order chi connectivity index (χ1) is 8.20. The third-order valence-electron chi connectivity index (χ3n) is 2.80. The van der Waals surface area contributed by atoms with Gasteiger partial charge in [-0.05, 0) is 35.9 Å². The van der Waals surface area contributed by atoms with Gasteiger partial charge in [-0.1, -0.05) is 11.6 Å². The van der Waals surface area contributed by atoms with Gasteiger partial charge in [0.05, 0.1) is 6.54 Å². The number of benzene rings is 1. The minimum Gasteiger partial charge on any atom is -0.358 e. The highest BCUT2D eigenvalue weighted by molar-refractivity contribution is 7.99. The van der Waals surface area contributed by atoms with E-state index >= 15 is 0 Å². The van der Waals surface area contributed by atoms with Gasteiger partial charge < -0.3 is 10.6 Å². The van der Waals surface area contributed by atoms with Gasteiger partial charge in [-0.15, -0.1) is 11.8 Å². The zero-order valence-corrected chi connectivity index (χ0v) is 11.2. The molecular formula is C12H15ClN2OS. The fourth-order valence-electron chi connectivity index (χ4n) is 1.88. The minimum atomic E-state index is 0.00630. The Balaban J connectivity index is 2.11. The number of fused-ring (bicyclic) bond motifs is 1. The van der Waals surface area contributed by atoms with Crippen LogP contribution in [0.5, 0.6) is 0 Å². The second kappa shape index (κ2) is 5.76. The molecule has 1 aromatic carbocycles. The first-order valence-electron chi connectivity index (χ1n) is 5.57. The quantitative estimate of drug-likeness (QED) is 0.885. The van der Waals surface area contributed by atoms with Gasteiger partial charge in [0.25, 0.3) is 0 Å². The Kier molecular flexibility index (Phi) is 4.31. The maximum absolute atomic E-state index is 11.2. The molecule has 5 heteroatoms. The monoisotopic (exact) mass is 270 g/mol. The van der Waals surface area contributed by atoms with Crippen LogP contribution in [0.4, 0.5) is 0 Å². The Labute approximate surface area is 110 Å². The molecule has 1 heterocycles. The lowest BCUT2D eigenvalue weighted by Crippen LogP contribution is -2.34. The minimum absolute atomic E-state index is 0.00630. The molecule has 0 saturated heterocycles. The number of likely N-dealkylation sites (N-methyl/N-ethyl adjacent to an activating group) is 1. The van der Waals surface area contributed by atoms with Crippen LogP contribution in [0.3, 0.4) is 0 Å². The molecule has 0 radical (unpaired) electrons. The van der Waals surface area contributed by atoms with E-state index in [2.05, 4.69) is 16.7 Å². The van der Waals surface area contributed by atoms with Gasteiger partial charge in [-0.25, -0.2) is 0 Å². The molecule has 0 fully saturated rings. The lowest BCUT2D eigenvalue weighted by molar-refractivity contribution is -0.119. The summed E-state index contributed by atoms with van der Waals surface area (Å²) in [5.74, 6) is 1.08. The lowest BCUT2D eigenvalue weighted by atomic mass is 10.0. The van der Waals surface area contributed by atoms with Crippen molar-refractivity contribution in [3.63, 3.8) is 0 Å². The summed E-state index contributed by atoms with van der Waals surface area (Å²) in [6, 6.07) is 6.18. The normalized spacial score (nSPS) is 18.6. The van der Waals surface area contributed by atoms with E-state index in [9.17, 15) is 4.79 Å². The van der Waals surface area contributed by atoms with E-state index in [0.717, 1.165) is 17.2 Å². The second-order valence-electron chi connectivity index (χ2n) is 3.93. The first-order valence-corrected chi connectivity index (χ1v) is 6.93. The maximum atomic E-state index is 11.2. The first kappa shape index (κ1) is 12.7. The molecule has 1 unspecified atom stereocenters. The number of halogens is 1. The predicted octanol–water partition coefficient (Wildman–Crippen LogP) is 2.21. The Morgan fingerprint density at radius 3 is 3.18 bits per heavy atom. The molecule has 1 atom stereocenters. The lowest BCUT2D eigenvalue weighted by Gasteiger charge is -2.26. The number of amides is 1. The largest absolute Gasteiger partial charge is 0.358 e. The van der Waals surface area contributed by atoms with Crippen molar-refractivity contribution in [3.8, 4) is 0 Å². The molecule has 17 heavy (non-hydrogen) atoms. The Hall–Kier alpha value is -0.710. The van der Waals surface area contributed by atoms with Crippen LogP contribution in [-0.4, -0.2) is 25.3 Å². The van der Waals surface area contributed by atoms with E-state index in [0.29, 0.717) is 6.54 Å². The van der Waals surface area contributed by atoms with Crippen molar-refractivity contribution >= 4 is 29.3 Å². The van der Waals surface area contributed by atoms with E-state index in [1.54, 1.807) is 7.05 Å². The molecule has 92 valence electrons. The molecule has 1 aromatic rings. The number of carbonyl (C=O) groups is 1. The molecule has 1 aliphatic heterocycles. The number of rotatable bonds is 3. The summed E-state index contributed by atoms with van der Waals surface area (Å²) in [6.07, 6.45) is 1.02. The van der Waals surface area contributed by atoms with Crippen molar-refractivity contribution in [1.82, 2.24) is 10.6 Å². The summed E-state index contributed by atoms with van der Waals surface area (Å²) < 4.78 is 0. The van der Waals surface area contributed by atoms with Gasteiger partial charge in [0.2, 0.25) is 5.91 Å². The number of thioether (sulfide) groups is 1. The van der Waals surface area contributed by atoms with Gasteiger partial charge in [-0.2, -0.15) is 0 Å². The fourth-order valence-corrected chi connectivity index (χ4v) is 3.17. The molecule has 1 amide bonds. The third kappa shape index (κ3) is 3.15. The highest BCUT2D eigenvalue weighted by Crippen LogP contribution is 2.37. The van der Waals surface area contributed by atoms with E-state index < -0.39 is 0 Å². The van der Waals surface area contributed by atoms with E-state index in [1.807, 2.05) is 23.9 Å². The number of hydrogen-bond acceptors (Lipinski definition) is 3. The zero-order chi connectivity index (χ0) is 12.3. The van der Waals surface area contributed by atoms with Crippen LogP contribution < -0.4 is 10.6 Å². The standard InChI is InChI=1S/C12H15ClN2OS/c1-14-12(16)7-15-10-4-5-17-11-3-2-8(13)6-9(10)11/h2-3,6,10,15H,4-5,7H2,1H3,(H,14,16). The van der Waals surface area contributed by atoms with Crippen LogP contribution in [-0.2, 0) is 4.79 Å². The molecule has 2 rings (SSSR count). The van der Waals surface area contributed by atoms with Gasteiger partial charge in [0, 0.05) is 23.0 Å². The van der Waals surface area contributed by atoms with Crippen molar-refractivity contribution in [2.75, 3.05) is 19.3 Å². The molecule has 0 aliphatic carbocycles. The summed E-state index contributed by atoms with van der Waals surface area (Å²) in [6.45, 7) is 0.345. The predicted molar refractivity (Wildman–Crippen MR) is 71.6 cm³/mol. The van der Waals surface area contributed by atoms with Crippen molar-refractivity contribution in [3.05, 3.63) is 28.8 Å². The number of hydrogen-bond donors (Lipinski definition) is 2. The van der Waals surface area contributed by atoms with Crippen molar-refractivity contribution in [2.24, 2.45) is 0 Å². The van der Waals surface area contributed by atoms with Gasteiger partial charge in [0.1, 0.15) is 0 Å². The van der Waals surface area contributed by atoms with E-state index in [1.165, 1.54) is 10.5 Å². The summed E-state index contributed by atoms with van der Waals surface area (Å²) in [5, 5.41) is 6.63. The van der Waals surface area contributed by atoms with E-state index in [-0.39, 0.29) is 11.9 Å². The molecule has 2 N–H and O–H groups in total. The van der Waals surface area contributed by atoms with Crippen LogP contribution in [0.15, 0.2) is 23.1 Å². The fraction of sp³-hybridized carbons (Fsp3) is 0.417. The van der Waals surface area contributed by atoms with Crippen LogP contribution in [0.2, 0.25) is 5.02 Å². The Morgan fingerprint density at radius 2 is 2.41 bits per heavy atom. The van der Waals surface area contributed by atoms with Crippen molar-refractivity contribution in [1.29, 1.82) is 0 Å². The third-order valence-corrected chi connectivity index (χ3v) is 4.16. The van der Waals surface area contributed by atoms with Crippen LogP contribution in [0, 0.1) is 0 Å². The zero-order valence-electron chi connectivity index (χ0n) is 9.63. The molecule has 0 spiro atoms. The smallest absolute Gasteiger partial charge is 0.233 e. The van der Waals surface area contributed by atoms with Crippen molar-refractivity contribution < 1.29 is 4.79 Å². The summed E-state index contributed by atoms with van der Waals surface area (Å²) >= 11 is 7.86. The van der Waals surface area contributed by atoms with Gasteiger partial charge in [0.15, 0.2) is 0 Å². The van der Waals surface area contributed by atoms with Crippen molar-refractivity contribution in [2.45, 2.75) is 17.4 Å². The summed E-state index contributed by atoms with van der Waals surface area (Å²) in [4.78, 5) is 12.5. The van der Waals surface area contributed by atoms with Gasteiger partial charge in [-0.3, -0.25) is 4.79 Å². The van der Waals surface area contributed by atoms with Crippen LogP contribution in [0.25, 0.3) is 0 Å².